The molecule has 1 heterocycles. The molecule has 3 aromatic rings. The molecule has 7 heteroatoms. The second-order valence-corrected chi connectivity index (χ2v) is 5.52. The summed E-state index contributed by atoms with van der Waals surface area (Å²) in [6.45, 7) is 0.132. The fourth-order valence-electron chi connectivity index (χ4n) is 2.41. The minimum Gasteiger partial charge on any atom is -0.344 e. The average molecular weight is 357 g/mol. The summed E-state index contributed by atoms with van der Waals surface area (Å²) in [6, 6.07) is 12.2. The SMILES string of the molecule is O=C(Cn1cnc2ccccc21)NCC#Cc1cccc(C(F)(F)F)c1. The summed E-state index contributed by atoms with van der Waals surface area (Å²) in [4.78, 5) is 16.2. The van der Waals surface area contributed by atoms with Crippen molar-refractivity contribution in [3.05, 3.63) is 66.0 Å². The van der Waals surface area contributed by atoms with Crippen molar-refractivity contribution >= 4 is 16.9 Å². The second kappa shape index (κ2) is 7.31. The van der Waals surface area contributed by atoms with Gasteiger partial charge in [-0.05, 0) is 30.3 Å². The van der Waals surface area contributed by atoms with E-state index < -0.39 is 11.7 Å². The Balaban J connectivity index is 1.57. The quantitative estimate of drug-likeness (QED) is 0.732. The van der Waals surface area contributed by atoms with Crippen LogP contribution in [0.5, 0.6) is 0 Å². The first-order valence-electron chi connectivity index (χ1n) is 7.76. The van der Waals surface area contributed by atoms with Crippen LogP contribution in [0, 0.1) is 11.8 Å². The highest BCUT2D eigenvalue weighted by Gasteiger charge is 2.30. The molecule has 0 spiro atoms. The van der Waals surface area contributed by atoms with Crippen LogP contribution >= 0.6 is 0 Å². The minimum atomic E-state index is -4.40. The van der Waals surface area contributed by atoms with E-state index in [1.807, 2.05) is 24.3 Å². The Labute approximate surface area is 147 Å². The molecule has 0 bridgehead atoms. The molecule has 26 heavy (non-hydrogen) atoms. The summed E-state index contributed by atoms with van der Waals surface area (Å²) in [5, 5.41) is 2.62. The molecule has 0 radical (unpaired) electrons. The van der Waals surface area contributed by atoms with Gasteiger partial charge in [-0.25, -0.2) is 4.98 Å². The third-order valence-electron chi connectivity index (χ3n) is 3.64. The van der Waals surface area contributed by atoms with E-state index in [-0.39, 0.29) is 24.6 Å². The van der Waals surface area contributed by atoms with Gasteiger partial charge in [0.15, 0.2) is 0 Å². The van der Waals surface area contributed by atoms with Gasteiger partial charge in [-0.2, -0.15) is 13.2 Å². The molecule has 1 amide bonds. The molecule has 0 aliphatic heterocycles. The Morgan fingerprint density at radius 3 is 2.77 bits per heavy atom. The minimum absolute atomic E-state index is 0.0434. The Kier molecular flexibility index (Phi) is 4.94. The van der Waals surface area contributed by atoms with Gasteiger partial charge in [0.05, 0.1) is 29.5 Å². The number of nitrogens with one attached hydrogen (secondary N) is 1. The van der Waals surface area contributed by atoms with Crippen molar-refractivity contribution in [1.82, 2.24) is 14.9 Å². The third kappa shape index (κ3) is 4.22. The van der Waals surface area contributed by atoms with Gasteiger partial charge < -0.3 is 9.88 Å². The number of carbonyl (C=O) groups is 1. The Morgan fingerprint density at radius 1 is 1.15 bits per heavy atom. The Morgan fingerprint density at radius 2 is 1.96 bits per heavy atom. The number of para-hydroxylation sites is 2. The molecule has 0 fully saturated rings. The molecule has 132 valence electrons. The maximum atomic E-state index is 12.6. The van der Waals surface area contributed by atoms with Crippen LogP contribution in [0.3, 0.4) is 0 Å². The van der Waals surface area contributed by atoms with Crippen LogP contribution in [0.1, 0.15) is 11.1 Å². The van der Waals surface area contributed by atoms with Gasteiger partial charge in [0, 0.05) is 5.56 Å². The summed E-state index contributed by atoms with van der Waals surface area (Å²) in [6.07, 6.45) is -2.82. The van der Waals surface area contributed by atoms with Crippen molar-refractivity contribution in [2.45, 2.75) is 12.7 Å². The molecule has 0 saturated carbocycles. The fraction of sp³-hybridized carbons (Fsp3) is 0.158. The van der Waals surface area contributed by atoms with E-state index in [1.165, 1.54) is 12.1 Å². The predicted octanol–water partition coefficient (Wildman–Crippen LogP) is 3.22. The van der Waals surface area contributed by atoms with E-state index in [1.54, 1.807) is 10.9 Å². The number of imidazole rings is 1. The lowest BCUT2D eigenvalue weighted by Crippen LogP contribution is -2.27. The van der Waals surface area contributed by atoms with Crippen molar-refractivity contribution < 1.29 is 18.0 Å². The summed E-state index contributed by atoms with van der Waals surface area (Å²) in [5.74, 6) is 5.01. The molecular formula is C19H14F3N3O. The highest BCUT2D eigenvalue weighted by molar-refractivity contribution is 5.80. The van der Waals surface area contributed by atoms with Gasteiger partial charge in [-0.3, -0.25) is 4.79 Å². The zero-order valence-corrected chi connectivity index (χ0v) is 13.5. The number of rotatable bonds is 3. The zero-order chi connectivity index (χ0) is 18.6. The summed E-state index contributed by atoms with van der Waals surface area (Å²) >= 11 is 0. The third-order valence-corrected chi connectivity index (χ3v) is 3.64. The monoisotopic (exact) mass is 357 g/mol. The molecule has 1 N–H and O–H groups in total. The normalized spacial score (nSPS) is 11.0. The molecule has 1 aromatic heterocycles. The van der Waals surface area contributed by atoms with Gasteiger partial charge in [-0.15, -0.1) is 0 Å². The molecule has 0 aliphatic rings. The molecular weight excluding hydrogens is 343 g/mol. The van der Waals surface area contributed by atoms with Gasteiger partial charge in [0.1, 0.15) is 6.54 Å². The molecule has 3 rings (SSSR count). The topological polar surface area (TPSA) is 46.9 Å². The summed E-state index contributed by atoms with van der Waals surface area (Å²) < 4.78 is 39.6. The Bertz CT molecular complexity index is 996. The number of carbonyl (C=O) groups excluding carboxylic acids is 1. The molecule has 0 atom stereocenters. The first kappa shape index (κ1) is 17.5. The number of nitrogens with zero attached hydrogens (tertiary/aromatic N) is 2. The van der Waals surface area contributed by atoms with E-state index in [0.717, 1.165) is 23.2 Å². The molecule has 4 nitrogen and oxygen atoms in total. The van der Waals surface area contributed by atoms with Crippen LogP contribution < -0.4 is 5.32 Å². The average Bonchev–Trinajstić information content (AvgIpc) is 3.01. The Hall–Kier alpha value is -3.27. The summed E-state index contributed by atoms with van der Waals surface area (Å²) in [5.41, 5.74) is 1.14. The van der Waals surface area contributed by atoms with Gasteiger partial charge in [0.25, 0.3) is 0 Å². The van der Waals surface area contributed by atoms with Crippen LogP contribution in [-0.2, 0) is 17.5 Å². The molecule has 0 aliphatic carbocycles. The fourth-order valence-corrected chi connectivity index (χ4v) is 2.41. The lowest BCUT2D eigenvalue weighted by atomic mass is 10.1. The molecule has 2 aromatic carbocycles. The second-order valence-electron chi connectivity index (χ2n) is 5.52. The summed E-state index contributed by atoms with van der Waals surface area (Å²) in [7, 11) is 0. The van der Waals surface area contributed by atoms with Crippen LogP contribution in [0.2, 0.25) is 0 Å². The number of amides is 1. The van der Waals surface area contributed by atoms with Crippen LogP contribution in [0.4, 0.5) is 13.2 Å². The van der Waals surface area contributed by atoms with E-state index >= 15 is 0 Å². The number of aromatic nitrogens is 2. The highest BCUT2D eigenvalue weighted by Crippen LogP contribution is 2.29. The molecule has 0 saturated heterocycles. The zero-order valence-electron chi connectivity index (χ0n) is 13.5. The van der Waals surface area contributed by atoms with Crippen molar-refractivity contribution in [3.63, 3.8) is 0 Å². The van der Waals surface area contributed by atoms with Crippen molar-refractivity contribution in [3.8, 4) is 11.8 Å². The van der Waals surface area contributed by atoms with Crippen LogP contribution in [0.25, 0.3) is 11.0 Å². The number of hydrogen-bond acceptors (Lipinski definition) is 2. The first-order chi connectivity index (χ1) is 12.4. The van der Waals surface area contributed by atoms with Crippen molar-refractivity contribution in [2.75, 3.05) is 6.54 Å². The van der Waals surface area contributed by atoms with Crippen LogP contribution in [0.15, 0.2) is 54.9 Å². The lowest BCUT2D eigenvalue weighted by Gasteiger charge is -2.06. The van der Waals surface area contributed by atoms with Crippen LogP contribution in [-0.4, -0.2) is 22.0 Å². The maximum absolute atomic E-state index is 12.6. The standard InChI is InChI=1S/C19H14F3N3O/c20-19(21,22)15-7-3-5-14(11-15)6-4-10-23-18(26)12-25-13-24-16-8-1-2-9-17(16)25/h1-3,5,7-9,11,13H,10,12H2,(H,23,26). The maximum Gasteiger partial charge on any atom is 0.416 e. The van der Waals surface area contributed by atoms with Crippen molar-refractivity contribution in [2.24, 2.45) is 0 Å². The van der Waals surface area contributed by atoms with Crippen molar-refractivity contribution in [1.29, 1.82) is 0 Å². The number of halogens is 3. The van der Waals surface area contributed by atoms with Gasteiger partial charge >= 0.3 is 6.18 Å². The number of hydrogen-bond donors (Lipinski definition) is 1. The molecule has 0 unspecified atom stereocenters. The lowest BCUT2D eigenvalue weighted by molar-refractivity contribution is -0.137. The van der Waals surface area contributed by atoms with Gasteiger partial charge in [-0.1, -0.05) is 30.0 Å². The van der Waals surface area contributed by atoms with Gasteiger partial charge in [0.2, 0.25) is 5.91 Å². The number of alkyl halides is 3. The van der Waals surface area contributed by atoms with E-state index in [4.69, 9.17) is 0 Å². The predicted molar refractivity (Wildman–Crippen MR) is 91.1 cm³/mol. The number of benzene rings is 2. The van der Waals surface area contributed by atoms with E-state index in [2.05, 4.69) is 22.1 Å². The largest absolute Gasteiger partial charge is 0.416 e. The first-order valence-corrected chi connectivity index (χ1v) is 7.76. The number of fused-ring (bicyclic) bond motifs is 1. The van der Waals surface area contributed by atoms with E-state index in [0.29, 0.717) is 0 Å². The highest BCUT2D eigenvalue weighted by atomic mass is 19.4. The smallest absolute Gasteiger partial charge is 0.344 e. The van der Waals surface area contributed by atoms with E-state index in [9.17, 15) is 18.0 Å².